The first kappa shape index (κ1) is 13.0. The van der Waals surface area contributed by atoms with Gasteiger partial charge in [0, 0.05) is 16.9 Å². The molecular formula is C11H18O2S2. The molecule has 0 aliphatic carbocycles. The van der Waals surface area contributed by atoms with Crippen LogP contribution in [0.2, 0.25) is 0 Å². The molecule has 0 amide bonds. The maximum Gasteiger partial charge on any atom is 0.305 e. The average molecular weight is 246 g/mol. The molecule has 1 saturated heterocycles. The molecule has 0 unspecified atom stereocenters. The van der Waals surface area contributed by atoms with Crippen LogP contribution in [0.5, 0.6) is 0 Å². The molecule has 0 N–H and O–H groups in total. The van der Waals surface area contributed by atoms with Crippen LogP contribution >= 0.6 is 21.6 Å². The summed E-state index contributed by atoms with van der Waals surface area (Å²) in [7, 11) is 5.31. The van der Waals surface area contributed by atoms with Crippen molar-refractivity contribution in [2.24, 2.45) is 0 Å². The van der Waals surface area contributed by atoms with Crippen molar-refractivity contribution < 1.29 is 9.53 Å². The predicted octanol–water partition coefficient (Wildman–Crippen LogP) is 3.43. The van der Waals surface area contributed by atoms with Crippen molar-refractivity contribution in [1.29, 1.82) is 0 Å². The second kappa shape index (κ2) is 6.48. The number of ether oxygens (including phenoxy) is 1. The minimum Gasteiger partial charge on any atom is -0.469 e. The standard InChI is InChI=1S/C11H18O2S2/c1-3-11(8-9-14-15-11)7-5-4-6-10(12)13-2/h3H,1,4-9H2,2H3/t11-/m1/s1. The summed E-state index contributed by atoms with van der Waals surface area (Å²) in [5.74, 6) is 1.12. The molecule has 15 heavy (non-hydrogen) atoms. The number of hydrogen-bond donors (Lipinski definition) is 0. The zero-order chi connectivity index (χ0) is 11.1. The minimum atomic E-state index is -0.101. The van der Waals surface area contributed by atoms with Gasteiger partial charge in [-0.25, -0.2) is 0 Å². The zero-order valence-corrected chi connectivity index (χ0v) is 10.8. The van der Waals surface area contributed by atoms with E-state index < -0.39 is 0 Å². The summed E-state index contributed by atoms with van der Waals surface area (Å²) in [4.78, 5) is 10.9. The Morgan fingerprint density at radius 1 is 1.60 bits per heavy atom. The first-order valence-corrected chi connectivity index (χ1v) is 7.55. The molecule has 0 saturated carbocycles. The third kappa shape index (κ3) is 4.11. The van der Waals surface area contributed by atoms with Gasteiger partial charge in [-0.05, 0) is 19.3 Å². The fourth-order valence-electron chi connectivity index (χ4n) is 1.62. The van der Waals surface area contributed by atoms with Crippen LogP contribution < -0.4 is 0 Å². The fraction of sp³-hybridized carbons (Fsp3) is 0.727. The lowest BCUT2D eigenvalue weighted by Gasteiger charge is -2.22. The molecule has 1 aliphatic rings. The third-order valence-electron chi connectivity index (χ3n) is 2.66. The van der Waals surface area contributed by atoms with Gasteiger partial charge in [0.05, 0.1) is 7.11 Å². The number of carbonyl (C=O) groups is 1. The van der Waals surface area contributed by atoms with Gasteiger partial charge in [0.1, 0.15) is 0 Å². The van der Waals surface area contributed by atoms with Crippen molar-refractivity contribution >= 4 is 27.6 Å². The van der Waals surface area contributed by atoms with Gasteiger partial charge in [0.25, 0.3) is 0 Å². The van der Waals surface area contributed by atoms with Crippen LogP contribution in [0, 0.1) is 0 Å². The van der Waals surface area contributed by atoms with Crippen LogP contribution in [0.1, 0.15) is 32.1 Å². The van der Waals surface area contributed by atoms with Crippen molar-refractivity contribution in [2.75, 3.05) is 12.9 Å². The van der Waals surface area contributed by atoms with E-state index >= 15 is 0 Å². The number of unbranched alkanes of at least 4 members (excludes halogenated alkanes) is 1. The first-order chi connectivity index (χ1) is 7.22. The maximum atomic E-state index is 10.9. The lowest BCUT2D eigenvalue weighted by Crippen LogP contribution is -2.17. The number of esters is 1. The second-order valence-corrected chi connectivity index (χ2v) is 6.54. The maximum absolute atomic E-state index is 10.9. The van der Waals surface area contributed by atoms with Gasteiger partial charge in [-0.15, -0.1) is 6.58 Å². The Kier molecular flexibility index (Phi) is 5.61. The topological polar surface area (TPSA) is 26.3 Å². The fourth-order valence-corrected chi connectivity index (χ4v) is 4.90. The Morgan fingerprint density at radius 2 is 2.40 bits per heavy atom. The van der Waals surface area contributed by atoms with Gasteiger partial charge in [0.2, 0.25) is 0 Å². The first-order valence-electron chi connectivity index (χ1n) is 5.23. The molecule has 0 bridgehead atoms. The van der Waals surface area contributed by atoms with Crippen LogP contribution in [0.15, 0.2) is 12.7 Å². The largest absolute Gasteiger partial charge is 0.469 e. The van der Waals surface area contributed by atoms with Gasteiger partial charge in [0.15, 0.2) is 0 Å². The van der Waals surface area contributed by atoms with Crippen LogP contribution in [0.25, 0.3) is 0 Å². The van der Waals surface area contributed by atoms with Crippen LogP contribution in [-0.2, 0) is 9.53 Å². The third-order valence-corrected chi connectivity index (χ3v) is 5.91. The molecule has 1 heterocycles. The molecule has 86 valence electrons. The van der Waals surface area contributed by atoms with Crippen molar-refractivity contribution in [3.8, 4) is 0 Å². The van der Waals surface area contributed by atoms with E-state index in [0.29, 0.717) is 6.42 Å². The van der Waals surface area contributed by atoms with Crippen LogP contribution in [0.4, 0.5) is 0 Å². The highest BCUT2D eigenvalue weighted by atomic mass is 33.1. The summed E-state index contributed by atoms with van der Waals surface area (Å²) in [6, 6.07) is 0. The summed E-state index contributed by atoms with van der Waals surface area (Å²) in [5, 5.41) is 0. The molecule has 2 nitrogen and oxygen atoms in total. The second-order valence-electron chi connectivity index (χ2n) is 3.71. The lowest BCUT2D eigenvalue weighted by atomic mass is 9.97. The van der Waals surface area contributed by atoms with E-state index in [1.54, 1.807) is 0 Å². The Labute approximate surface area is 99.6 Å². The van der Waals surface area contributed by atoms with E-state index in [9.17, 15) is 4.79 Å². The zero-order valence-electron chi connectivity index (χ0n) is 9.16. The number of methoxy groups -OCH3 is 1. The smallest absolute Gasteiger partial charge is 0.305 e. The molecule has 1 atom stereocenters. The highest BCUT2D eigenvalue weighted by Gasteiger charge is 2.31. The molecule has 0 aromatic heterocycles. The van der Waals surface area contributed by atoms with E-state index in [0.717, 1.165) is 19.3 Å². The highest BCUT2D eigenvalue weighted by Crippen LogP contribution is 2.50. The van der Waals surface area contributed by atoms with E-state index in [1.165, 1.54) is 19.3 Å². The van der Waals surface area contributed by atoms with Crippen molar-refractivity contribution in [3.05, 3.63) is 12.7 Å². The minimum absolute atomic E-state index is 0.101. The summed E-state index contributed by atoms with van der Waals surface area (Å²) in [6.07, 6.45) is 6.97. The number of hydrogen-bond acceptors (Lipinski definition) is 4. The van der Waals surface area contributed by atoms with Crippen molar-refractivity contribution in [2.45, 2.75) is 36.9 Å². The molecule has 1 aliphatic heterocycles. The normalized spacial score (nSPS) is 25.1. The molecule has 1 rings (SSSR count). The van der Waals surface area contributed by atoms with E-state index in [-0.39, 0.29) is 10.7 Å². The summed E-state index contributed by atoms with van der Waals surface area (Å²) in [5.41, 5.74) is 0. The average Bonchev–Trinajstić information content (AvgIpc) is 2.73. The van der Waals surface area contributed by atoms with E-state index in [2.05, 4.69) is 17.4 Å². The van der Waals surface area contributed by atoms with Gasteiger partial charge in [-0.3, -0.25) is 4.79 Å². The van der Waals surface area contributed by atoms with Crippen LogP contribution in [-0.4, -0.2) is 23.6 Å². The summed E-state index contributed by atoms with van der Waals surface area (Å²) in [6.45, 7) is 3.92. The Morgan fingerprint density at radius 3 is 2.93 bits per heavy atom. The van der Waals surface area contributed by atoms with Gasteiger partial charge >= 0.3 is 5.97 Å². The van der Waals surface area contributed by atoms with Crippen LogP contribution in [0.3, 0.4) is 0 Å². The molecular weight excluding hydrogens is 228 g/mol. The molecule has 1 fully saturated rings. The van der Waals surface area contributed by atoms with E-state index in [1.807, 2.05) is 21.6 Å². The molecule has 0 spiro atoms. The molecule has 4 heteroatoms. The molecule has 0 radical (unpaired) electrons. The van der Waals surface area contributed by atoms with Gasteiger partial charge in [-0.2, -0.15) is 0 Å². The van der Waals surface area contributed by atoms with Crippen molar-refractivity contribution in [3.63, 3.8) is 0 Å². The lowest BCUT2D eigenvalue weighted by molar-refractivity contribution is -0.140. The predicted molar refractivity (Wildman–Crippen MR) is 68.1 cm³/mol. The van der Waals surface area contributed by atoms with Gasteiger partial charge in [-0.1, -0.05) is 34.1 Å². The Bertz CT molecular complexity index is 223. The SMILES string of the molecule is C=C[C@@]1(CCCCC(=O)OC)CCSS1. The summed E-state index contributed by atoms with van der Waals surface area (Å²) < 4.78 is 4.87. The molecule has 0 aromatic rings. The van der Waals surface area contributed by atoms with Crippen molar-refractivity contribution in [1.82, 2.24) is 0 Å². The molecule has 0 aromatic carbocycles. The monoisotopic (exact) mass is 246 g/mol. The van der Waals surface area contributed by atoms with E-state index in [4.69, 9.17) is 0 Å². The quantitative estimate of drug-likeness (QED) is 0.310. The number of rotatable bonds is 6. The highest BCUT2D eigenvalue weighted by molar-refractivity contribution is 8.77. The summed E-state index contributed by atoms with van der Waals surface area (Å²) >= 11 is 0. The Hall–Kier alpha value is -0.0900. The Balaban J connectivity index is 2.18. The van der Waals surface area contributed by atoms with Gasteiger partial charge < -0.3 is 4.74 Å². The number of carbonyl (C=O) groups excluding carboxylic acids is 1.